The Morgan fingerprint density at radius 1 is 0.523 bits per heavy atom. The molecule has 8 bridgehead atoms. The van der Waals surface area contributed by atoms with E-state index >= 15 is 13.6 Å². The van der Waals surface area contributed by atoms with E-state index in [0.717, 1.165) is 34.9 Å². The summed E-state index contributed by atoms with van der Waals surface area (Å²) in [6, 6.07) is 29.6. The highest BCUT2D eigenvalue weighted by Crippen LogP contribution is 2.32. The van der Waals surface area contributed by atoms with Gasteiger partial charge in [0.15, 0.2) is 0 Å². The van der Waals surface area contributed by atoms with E-state index in [1.165, 1.54) is 37.4 Å². The molecule has 14 rings (SSSR count). The van der Waals surface area contributed by atoms with Gasteiger partial charge < -0.3 is 59.8 Å². The molecule has 8 amide bonds. The molecule has 8 heterocycles. The smallest absolute Gasteiger partial charge is 0.258 e. The summed E-state index contributed by atoms with van der Waals surface area (Å²) in [5, 5.41) is 29.0. The maximum atomic E-state index is 15.9. The minimum atomic E-state index is -1.28. The van der Waals surface area contributed by atoms with Crippen LogP contribution in [0.4, 0.5) is 13.2 Å². The van der Waals surface area contributed by atoms with Crippen LogP contribution in [0.15, 0.2) is 140 Å². The molecule has 6 aliphatic rings. The van der Waals surface area contributed by atoms with E-state index in [9.17, 15) is 38.0 Å². The second-order valence-corrected chi connectivity index (χ2v) is 29.3. The van der Waals surface area contributed by atoms with Gasteiger partial charge in [-0.25, -0.2) is 22.5 Å². The van der Waals surface area contributed by atoms with Gasteiger partial charge in [0, 0.05) is 70.8 Å². The van der Waals surface area contributed by atoms with E-state index in [1.54, 1.807) is 54.3 Å². The van der Waals surface area contributed by atoms with Gasteiger partial charge >= 0.3 is 0 Å². The lowest BCUT2D eigenvalue weighted by Gasteiger charge is -2.34. The number of amides is 8. The van der Waals surface area contributed by atoms with E-state index in [-0.39, 0.29) is 133 Å². The Morgan fingerprint density at radius 3 is 1.63 bits per heavy atom. The predicted octanol–water partition coefficient (Wildman–Crippen LogP) is 8.02. The first kappa shape index (κ1) is 78.9. The maximum absolute atomic E-state index is 15.9. The van der Waals surface area contributed by atoms with Crippen molar-refractivity contribution in [1.82, 2.24) is 70.9 Å². The minimum absolute atomic E-state index is 0.0202. The first-order valence-corrected chi connectivity index (χ1v) is 37.8. The van der Waals surface area contributed by atoms with Crippen LogP contribution in [-0.4, -0.2) is 187 Å². The van der Waals surface area contributed by atoms with Crippen LogP contribution in [-0.2, 0) is 80.8 Å². The van der Waals surface area contributed by atoms with Crippen LogP contribution in [0.2, 0.25) is 0 Å². The van der Waals surface area contributed by atoms with E-state index < -0.39 is 106 Å². The summed E-state index contributed by atoms with van der Waals surface area (Å²) in [7, 11) is 3.08. The Kier molecular flexibility index (Phi) is 25.8. The molecule has 0 aliphatic carbocycles. The Hall–Kier alpha value is -11.7. The quantitative estimate of drug-likeness (QED) is 0.106. The fourth-order valence-corrected chi connectivity index (χ4v) is 14.6. The Balaban J connectivity index is 0.829. The molecule has 111 heavy (non-hydrogen) atoms. The molecule has 584 valence electrons. The molecule has 4 N–H and O–H groups in total. The van der Waals surface area contributed by atoms with Gasteiger partial charge in [0.1, 0.15) is 120 Å². The van der Waals surface area contributed by atoms with E-state index in [4.69, 9.17) is 18.9 Å². The van der Waals surface area contributed by atoms with Gasteiger partial charge in [-0.15, -0.1) is 10.2 Å². The number of carbonyl (C=O) groups excluding carboxylic acids is 8. The van der Waals surface area contributed by atoms with Crippen LogP contribution < -0.4 is 40.2 Å². The number of hydrogen-bond donors (Lipinski definition) is 4. The number of nitrogens with one attached hydrogen (secondary N) is 4. The zero-order valence-corrected chi connectivity index (χ0v) is 63.0. The van der Waals surface area contributed by atoms with Crippen molar-refractivity contribution in [3.8, 4) is 34.3 Å². The molecule has 26 nitrogen and oxygen atoms in total. The molecule has 29 heteroatoms. The normalized spacial score (nSPS) is 20.7. The highest BCUT2D eigenvalue weighted by Gasteiger charge is 2.44. The first-order chi connectivity index (χ1) is 53.5. The number of nitrogens with zero attached hydrogens (tertiary/aromatic N) is 10. The van der Waals surface area contributed by atoms with Crippen LogP contribution >= 0.6 is 0 Å². The van der Waals surface area contributed by atoms with Gasteiger partial charge in [-0.3, -0.25) is 38.4 Å². The third kappa shape index (κ3) is 19.7. The van der Waals surface area contributed by atoms with Gasteiger partial charge in [0.05, 0.1) is 30.5 Å². The van der Waals surface area contributed by atoms with Crippen molar-refractivity contribution in [3.05, 3.63) is 202 Å². The summed E-state index contributed by atoms with van der Waals surface area (Å²) in [5.41, 5.74) is 4.00. The fraction of sp³-hybridized carbons (Fsp3) is 0.415. The number of likely N-dealkylation sites (N-methyl/N-ethyl adjacent to an activating group) is 2. The van der Waals surface area contributed by atoms with Crippen molar-refractivity contribution in [1.29, 1.82) is 0 Å². The van der Waals surface area contributed by atoms with E-state index in [2.05, 4.69) is 41.9 Å². The molecule has 0 spiro atoms. The van der Waals surface area contributed by atoms with Crippen molar-refractivity contribution in [3.63, 3.8) is 0 Å². The van der Waals surface area contributed by atoms with Crippen LogP contribution in [0.5, 0.6) is 23.0 Å². The average Bonchev–Trinajstić information content (AvgIpc) is 1.71. The monoisotopic (exact) mass is 1520 g/mol. The van der Waals surface area contributed by atoms with Gasteiger partial charge in [-0.1, -0.05) is 117 Å². The summed E-state index contributed by atoms with van der Waals surface area (Å²) >= 11 is 0. The second-order valence-electron chi connectivity index (χ2n) is 29.3. The lowest BCUT2D eigenvalue weighted by Crippen LogP contribution is -2.57. The predicted molar refractivity (Wildman–Crippen MR) is 402 cm³/mol. The third-order valence-corrected chi connectivity index (χ3v) is 20.4. The topological polar surface area (TPSA) is 296 Å². The lowest BCUT2D eigenvalue weighted by molar-refractivity contribution is -0.147. The highest BCUT2D eigenvalue weighted by molar-refractivity contribution is 6.02. The van der Waals surface area contributed by atoms with Crippen LogP contribution in [0.1, 0.15) is 121 Å². The SMILES string of the molecule is CC(C)C[C@H]1NC(=O)c2cc(F)ccc2OCc2nnn(c2-c2ccc(C[C@H]3C(=O)NCCc4ccc(cc4)OCCn4cc(nn4)COc4cc(F)cc(F)c4C(=O)N[C@H](CC(C)C)C(=O)N4CCC[C@@H]4C(=O)N3C)cc2)CCOc2ccc(cc2)CCNC(=O)[C@H](Cc2ccccc2)N(C)C(=O)[C@H]2CCCN2C1=O. The molecule has 2 aromatic heterocycles. The Morgan fingerprint density at radius 2 is 1.06 bits per heavy atom. The second kappa shape index (κ2) is 36.3. The Bertz CT molecular complexity index is 4640. The van der Waals surface area contributed by atoms with Crippen LogP contribution in [0.3, 0.4) is 0 Å². The summed E-state index contributed by atoms with van der Waals surface area (Å²) in [4.78, 5) is 124. The van der Waals surface area contributed by atoms with Gasteiger partial charge in [-0.2, -0.15) is 0 Å². The summed E-state index contributed by atoms with van der Waals surface area (Å²) in [6.07, 6.45) is 4.29. The molecule has 2 saturated heterocycles. The van der Waals surface area contributed by atoms with Crippen molar-refractivity contribution in [2.45, 2.75) is 154 Å². The third-order valence-electron chi connectivity index (χ3n) is 20.4. The summed E-state index contributed by atoms with van der Waals surface area (Å²) in [6.45, 7) is 8.30. The molecule has 8 aromatic rings. The molecular weight excluding hydrogens is 1430 g/mol. The molecule has 6 aromatic carbocycles. The van der Waals surface area contributed by atoms with Gasteiger partial charge in [0.2, 0.25) is 35.4 Å². The maximum Gasteiger partial charge on any atom is 0.258 e. The van der Waals surface area contributed by atoms with Crippen molar-refractivity contribution < 1.29 is 70.5 Å². The number of halogens is 3. The number of aromatic nitrogens is 6. The average molecular weight is 1520 g/mol. The zero-order valence-electron chi connectivity index (χ0n) is 63.0. The molecule has 0 saturated carbocycles. The molecule has 2 fully saturated rings. The van der Waals surface area contributed by atoms with E-state index in [1.807, 2.05) is 94.4 Å². The molecule has 0 unspecified atom stereocenters. The van der Waals surface area contributed by atoms with Crippen molar-refractivity contribution in [2.75, 3.05) is 53.5 Å². The number of rotatable bonds is 9. The zero-order chi connectivity index (χ0) is 78.4. The Labute approximate surface area is 641 Å². The van der Waals surface area contributed by atoms with Gasteiger partial charge in [-0.05, 0) is 128 Å². The van der Waals surface area contributed by atoms with Crippen LogP contribution in [0.25, 0.3) is 11.3 Å². The molecular formula is C82H93F3N14O12. The largest absolute Gasteiger partial charge is 0.492 e. The number of hydrogen-bond acceptors (Lipinski definition) is 16. The minimum Gasteiger partial charge on any atom is -0.492 e. The van der Waals surface area contributed by atoms with Crippen molar-refractivity contribution in [2.24, 2.45) is 11.8 Å². The van der Waals surface area contributed by atoms with Crippen LogP contribution in [0, 0.1) is 29.3 Å². The lowest BCUT2D eigenvalue weighted by atomic mass is 9.99. The summed E-state index contributed by atoms with van der Waals surface area (Å²) in [5.74, 6) is -7.53. The highest BCUT2D eigenvalue weighted by atomic mass is 19.1. The molecule has 6 aliphatic heterocycles. The van der Waals surface area contributed by atoms with E-state index in [0.29, 0.717) is 72.2 Å². The van der Waals surface area contributed by atoms with Gasteiger partial charge in [0.25, 0.3) is 11.8 Å². The number of fused-ring (bicyclic) bond motifs is 28. The number of benzene rings is 6. The summed E-state index contributed by atoms with van der Waals surface area (Å²) < 4.78 is 74.0. The molecule has 6 atom stereocenters. The number of ether oxygens (including phenoxy) is 4. The van der Waals surface area contributed by atoms with Crippen molar-refractivity contribution >= 4 is 47.3 Å². The standard InChI is InChI=1S/C82H93F3N14O12/c1-50(2)40-64-79(104)97-34-10-14-67(97)81(106)94(5)69(42-54-12-8-7-9-13-54)76(101)86-32-30-53-20-27-61(28-21-53)109-39-37-99-74(66(91-93-99)49-111-71-29-24-57(83)44-62(71)75(100)88-64)56-22-16-55(17-23-56)43-70-77(102)87-33-31-52-18-25-60(26-19-52)108-38-36-96-47-59(90-92-96)48-110-72-46-58(84)45-63(85)73(72)78(103)89-65(41-51(3)4)80(105)98-35-11-15-68(98)82(107)95(70)6/h7-9,12-13,16-29,44-47,50-51,64-65,67-70H,10-11,14-15,30-43,48-49H2,1-6H3,(H,86,101)(H,87,102)(H,88,100)(H,89,103)/t64-,65-,67-,68-,69+,70+/m1/s1. The number of carbonyl (C=O) groups is 8. The molecule has 0 radical (unpaired) electrons. The fourth-order valence-electron chi connectivity index (χ4n) is 14.6. The first-order valence-electron chi connectivity index (χ1n) is 37.8.